The second-order valence-corrected chi connectivity index (χ2v) is 8.87. The lowest BCUT2D eigenvalue weighted by molar-refractivity contribution is 0.0643. The lowest BCUT2D eigenvalue weighted by Gasteiger charge is -2.34. The topological polar surface area (TPSA) is 31.0 Å². The van der Waals surface area contributed by atoms with Crippen LogP contribution in [0.2, 0.25) is 0 Å². The quantitative estimate of drug-likeness (QED) is 0.541. The molecule has 0 spiro atoms. The summed E-state index contributed by atoms with van der Waals surface area (Å²) in [4.78, 5) is 7.39. The van der Waals surface area contributed by atoms with Gasteiger partial charge in [-0.2, -0.15) is 0 Å². The van der Waals surface area contributed by atoms with Crippen LogP contribution in [0.25, 0.3) is 0 Å². The standard InChI is InChI=1S/C24H44N4O.H2/c1-6-27(13-7-8-21(2)3)20-24(29-5)19-25-18-22-9-11-23(12-10-22)28-16-14-26(4)15-17-28;/h9-12,21,24-25H,6-8,13-20H2,1-5H3;1H/t24-;/m1./s1. The zero-order valence-electron chi connectivity index (χ0n) is 19.5. The van der Waals surface area contributed by atoms with Gasteiger partial charge in [0.15, 0.2) is 0 Å². The third-order valence-electron chi connectivity index (χ3n) is 6.00. The van der Waals surface area contributed by atoms with Crippen LogP contribution in [0.4, 0.5) is 5.69 Å². The van der Waals surface area contributed by atoms with Gasteiger partial charge in [0, 0.05) is 60.0 Å². The van der Waals surface area contributed by atoms with Crippen molar-refractivity contribution >= 4 is 5.69 Å². The van der Waals surface area contributed by atoms with Gasteiger partial charge in [-0.15, -0.1) is 0 Å². The Morgan fingerprint density at radius 3 is 2.41 bits per heavy atom. The fraction of sp³-hybridized carbons (Fsp3) is 0.750. The van der Waals surface area contributed by atoms with Crippen molar-refractivity contribution in [2.24, 2.45) is 5.92 Å². The molecule has 1 N–H and O–H groups in total. The molecule has 1 aromatic rings. The maximum Gasteiger partial charge on any atom is 0.0822 e. The summed E-state index contributed by atoms with van der Waals surface area (Å²) in [6, 6.07) is 9.05. The Labute approximate surface area is 180 Å². The first-order valence-electron chi connectivity index (χ1n) is 11.5. The first kappa shape index (κ1) is 24.1. The first-order chi connectivity index (χ1) is 14.0. The number of likely N-dealkylation sites (N-methyl/N-ethyl adjacent to an activating group) is 2. The molecule has 0 aliphatic carbocycles. The molecule has 168 valence electrons. The van der Waals surface area contributed by atoms with Crippen LogP contribution in [0.3, 0.4) is 0 Å². The minimum atomic E-state index is 0. The van der Waals surface area contributed by atoms with Gasteiger partial charge in [0.25, 0.3) is 0 Å². The van der Waals surface area contributed by atoms with Crippen molar-refractivity contribution in [3.05, 3.63) is 29.8 Å². The summed E-state index contributed by atoms with van der Waals surface area (Å²) >= 11 is 0. The van der Waals surface area contributed by atoms with E-state index in [1.165, 1.54) is 30.6 Å². The third kappa shape index (κ3) is 9.04. The number of methoxy groups -OCH3 is 1. The van der Waals surface area contributed by atoms with Crippen molar-refractivity contribution in [1.82, 2.24) is 15.1 Å². The molecule has 1 saturated heterocycles. The highest BCUT2D eigenvalue weighted by atomic mass is 16.5. The number of piperazine rings is 1. The van der Waals surface area contributed by atoms with Gasteiger partial charge in [0.05, 0.1) is 6.10 Å². The lowest BCUT2D eigenvalue weighted by atomic mass is 10.1. The molecule has 1 aliphatic heterocycles. The summed E-state index contributed by atoms with van der Waals surface area (Å²) in [5.41, 5.74) is 2.68. The second-order valence-electron chi connectivity index (χ2n) is 8.87. The van der Waals surface area contributed by atoms with Gasteiger partial charge in [-0.05, 0) is 56.6 Å². The normalized spacial score (nSPS) is 16.7. The average molecular weight is 407 g/mol. The zero-order chi connectivity index (χ0) is 21.1. The number of nitrogens with zero attached hydrogens (tertiary/aromatic N) is 3. The van der Waals surface area contributed by atoms with Crippen LogP contribution in [-0.2, 0) is 11.3 Å². The average Bonchev–Trinajstić information content (AvgIpc) is 2.72. The van der Waals surface area contributed by atoms with Crippen LogP contribution in [0.15, 0.2) is 24.3 Å². The molecule has 5 heteroatoms. The van der Waals surface area contributed by atoms with Crippen molar-refractivity contribution in [2.45, 2.75) is 46.3 Å². The minimum Gasteiger partial charge on any atom is -0.379 e. The van der Waals surface area contributed by atoms with E-state index in [9.17, 15) is 0 Å². The molecule has 1 aromatic carbocycles. The van der Waals surface area contributed by atoms with E-state index in [0.29, 0.717) is 0 Å². The van der Waals surface area contributed by atoms with Crippen molar-refractivity contribution in [3.63, 3.8) is 0 Å². The van der Waals surface area contributed by atoms with Crippen LogP contribution in [0.1, 0.15) is 40.6 Å². The highest BCUT2D eigenvalue weighted by molar-refractivity contribution is 5.48. The molecule has 29 heavy (non-hydrogen) atoms. The van der Waals surface area contributed by atoms with E-state index in [-0.39, 0.29) is 7.53 Å². The maximum absolute atomic E-state index is 5.74. The van der Waals surface area contributed by atoms with Crippen LogP contribution in [0, 0.1) is 5.92 Å². The predicted octanol–water partition coefficient (Wildman–Crippen LogP) is 3.55. The van der Waals surface area contributed by atoms with Gasteiger partial charge < -0.3 is 24.8 Å². The molecule has 1 heterocycles. The van der Waals surface area contributed by atoms with Crippen molar-refractivity contribution in [1.29, 1.82) is 0 Å². The molecule has 0 radical (unpaired) electrons. The lowest BCUT2D eigenvalue weighted by Crippen LogP contribution is -2.44. The SMILES string of the molecule is CCN(CCCC(C)C)C[C@@H](CNCc1ccc(N2CCN(C)CC2)cc1)OC.[HH]. The van der Waals surface area contributed by atoms with E-state index >= 15 is 0 Å². The van der Waals surface area contributed by atoms with Gasteiger partial charge in [-0.25, -0.2) is 0 Å². The third-order valence-corrected chi connectivity index (χ3v) is 6.00. The molecule has 0 saturated carbocycles. The first-order valence-corrected chi connectivity index (χ1v) is 11.5. The monoisotopic (exact) mass is 406 g/mol. The molecule has 0 unspecified atom stereocenters. The number of ether oxygens (including phenoxy) is 1. The summed E-state index contributed by atoms with van der Waals surface area (Å²) in [6.07, 6.45) is 2.81. The van der Waals surface area contributed by atoms with Gasteiger partial charge >= 0.3 is 0 Å². The molecule has 1 atom stereocenters. The number of rotatable bonds is 13. The Hall–Kier alpha value is -1.14. The molecule has 1 fully saturated rings. The number of nitrogens with one attached hydrogen (secondary N) is 1. The summed E-state index contributed by atoms with van der Waals surface area (Å²) in [7, 11) is 4.03. The zero-order valence-corrected chi connectivity index (χ0v) is 19.5. The molecule has 0 amide bonds. The Morgan fingerprint density at radius 1 is 1.14 bits per heavy atom. The molecule has 0 bridgehead atoms. The summed E-state index contributed by atoms with van der Waals surface area (Å²) < 4.78 is 5.74. The Balaban J connectivity index is 0.00000450. The van der Waals surface area contributed by atoms with E-state index < -0.39 is 0 Å². The molecular weight excluding hydrogens is 360 g/mol. The molecule has 5 nitrogen and oxygen atoms in total. The molecule has 1 aliphatic rings. The van der Waals surface area contributed by atoms with E-state index in [0.717, 1.165) is 58.3 Å². The molecular formula is C24H46N4O. The van der Waals surface area contributed by atoms with E-state index in [4.69, 9.17) is 4.74 Å². The van der Waals surface area contributed by atoms with Gasteiger partial charge in [-0.3, -0.25) is 0 Å². The Bertz CT molecular complexity index is 547. The molecule has 0 aromatic heterocycles. The number of benzene rings is 1. The van der Waals surface area contributed by atoms with E-state index in [1.807, 2.05) is 7.11 Å². The van der Waals surface area contributed by atoms with Gasteiger partial charge in [0.2, 0.25) is 0 Å². The second kappa shape index (κ2) is 13.2. The highest BCUT2D eigenvalue weighted by Gasteiger charge is 2.15. The van der Waals surface area contributed by atoms with Gasteiger partial charge in [-0.1, -0.05) is 32.9 Å². The molecule has 2 rings (SSSR count). The fourth-order valence-corrected chi connectivity index (χ4v) is 3.88. The predicted molar refractivity (Wildman–Crippen MR) is 127 cm³/mol. The van der Waals surface area contributed by atoms with Crippen molar-refractivity contribution < 1.29 is 6.16 Å². The summed E-state index contributed by atoms with van der Waals surface area (Å²) in [5, 5.41) is 3.59. The van der Waals surface area contributed by atoms with Crippen LogP contribution >= 0.6 is 0 Å². The Morgan fingerprint density at radius 2 is 1.83 bits per heavy atom. The fourth-order valence-electron chi connectivity index (χ4n) is 3.88. The smallest absolute Gasteiger partial charge is 0.0822 e. The van der Waals surface area contributed by atoms with E-state index in [2.05, 4.69) is 72.1 Å². The van der Waals surface area contributed by atoms with Crippen LogP contribution < -0.4 is 10.2 Å². The largest absolute Gasteiger partial charge is 0.379 e. The summed E-state index contributed by atoms with van der Waals surface area (Å²) in [5.74, 6) is 0.788. The van der Waals surface area contributed by atoms with Crippen LogP contribution in [-0.4, -0.2) is 82.4 Å². The minimum absolute atomic E-state index is 0. The number of hydrogen-bond donors (Lipinski definition) is 1. The van der Waals surface area contributed by atoms with Crippen molar-refractivity contribution in [2.75, 3.05) is 71.4 Å². The van der Waals surface area contributed by atoms with Gasteiger partial charge in [0.1, 0.15) is 0 Å². The Kier molecular flexibility index (Phi) is 11.0. The number of anilines is 1. The number of hydrogen-bond acceptors (Lipinski definition) is 5. The van der Waals surface area contributed by atoms with Crippen molar-refractivity contribution in [3.8, 4) is 0 Å². The van der Waals surface area contributed by atoms with E-state index in [1.54, 1.807) is 0 Å². The maximum atomic E-state index is 5.74. The summed E-state index contributed by atoms with van der Waals surface area (Å²) in [6.45, 7) is 16.4. The highest BCUT2D eigenvalue weighted by Crippen LogP contribution is 2.17. The van der Waals surface area contributed by atoms with Crippen LogP contribution in [0.5, 0.6) is 0 Å².